The van der Waals surface area contributed by atoms with Gasteiger partial charge in [-0.25, -0.2) is 0 Å². The van der Waals surface area contributed by atoms with Crippen LogP contribution in [0, 0.1) is 0 Å². The molecule has 0 amide bonds. The molecule has 2 aromatic carbocycles. The summed E-state index contributed by atoms with van der Waals surface area (Å²) in [7, 11) is 0. The number of nitrogens with zero attached hydrogens (tertiary/aromatic N) is 1. The number of benzene rings is 2. The van der Waals surface area contributed by atoms with Gasteiger partial charge in [-0.2, -0.15) is 0 Å². The Labute approximate surface area is 118 Å². The molecule has 0 heterocycles. The molecule has 0 bridgehead atoms. The molecule has 3 N–H and O–H groups in total. The van der Waals surface area contributed by atoms with Crippen LogP contribution in [0.25, 0.3) is 0 Å². The van der Waals surface area contributed by atoms with E-state index in [1.54, 1.807) is 12.1 Å². The molecule has 2 rings (SSSR count). The highest BCUT2D eigenvalue weighted by Gasteiger charge is 2.06. The lowest BCUT2D eigenvalue weighted by molar-refractivity contribution is 0.222. The third kappa shape index (κ3) is 3.75. The van der Waals surface area contributed by atoms with E-state index in [-0.39, 0.29) is 11.9 Å². The number of ether oxygens (including phenoxy) is 1. The monoisotopic (exact) mass is 270 g/mol. The molecule has 4 nitrogen and oxygen atoms in total. The van der Waals surface area contributed by atoms with Gasteiger partial charge in [0.15, 0.2) is 5.84 Å². The molecule has 0 radical (unpaired) electrons. The predicted molar refractivity (Wildman–Crippen MR) is 79.2 cm³/mol. The Morgan fingerprint density at radius 1 is 1.15 bits per heavy atom. The van der Waals surface area contributed by atoms with Gasteiger partial charge in [-0.3, -0.25) is 0 Å². The highest BCUT2D eigenvalue weighted by Crippen LogP contribution is 2.15. The first-order valence-electron chi connectivity index (χ1n) is 6.47. The third-order valence-corrected chi connectivity index (χ3v) is 2.96. The van der Waals surface area contributed by atoms with Gasteiger partial charge in [0.2, 0.25) is 0 Å². The van der Waals surface area contributed by atoms with Crippen LogP contribution in [0.5, 0.6) is 5.75 Å². The van der Waals surface area contributed by atoms with Crippen LogP contribution in [-0.4, -0.2) is 17.1 Å². The predicted octanol–water partition coefficient (Wildman–Crippen LogP) is 2.79. The number of nitrogens with two attached hydrogens (primary N) is 1. The van der Waals surface area contributed by atoms with Crippen LogP contribution in [0.1, 0.15) is 18.1 Å². The lowest BCUT2D eigenvalue weighted by Gasteiger charge is -2.15. The Morgan fingerprint density at radius 2 is 1.80 bits per heavy atom. The second kappa shape index (κ2) is 6.61. The number of oxime groups is 1. The van der Waals surface area contributed by atoms with Gasteiger partial charge in [-0.1, -0.05) is 35.5 Å². The molecule has 1 atom stereocenters. The zero-order chi connectivity index (χ0) is 14.4. The van der Waals surface area contributed by atoms with Gasteiger partial charge < -0.3 is 15.7 Å². The molecule has 4 heteroatoms. The third-order valence-electron chi connectivity index (χ3n) is 2.96. The van der Waals surface area contributed by atoms with Crippen molar-refractivity contribution in [3.63, 3.8) is 0 Å². The highest BCUT2D eigenvalue weighted by molar-refractivity contribution is 5.97. The van der Waals surface area contributed by atoms with E-state index >= 15 is 0 Å². The van der Waals surface area contributed by atoms with Crippen LogP contribution < -0.4 is 10.5 Å². The zero-order valence-electron chi connectivity index (χ0n) is 11.4. The Balaban J connectivity index is 1.96. The molecule has 0 saturated heterocycles. The summed E-state index contributed by atoms with van der Waals surface area (Å²) in [5, 5.41) is 11.6. The molecule has 0 fully saturated rings. The minimum atomic E-state index is 0.0760. The first kappa shape index (κ1) is 13.9. The summed E-state index contributed by atoms with van der Waals surface area (Å²) in [6.45, 7) is 2.03. The maximum atomic E-state index is 8.60. The molecule has 0 aromatic heterocycles. The SMILES string of the molecule is CC(Cc1ccccc1)Oc1ccc(C(N)=NO)cc1. The summed E-state index contributed by atoms with van der Waals surface area (Å²) in [4.78, 5) is 0. The lowest BCUT2D eigenvalue weighted by atomic mass is 10.1. The smallest absolute Gasteiger partial charge is 0.170 e. The van der Waals surface area contributed by atoms with Gasteiger partial charge in [-0.15, -0.1) is 0 Å². The highest BCUT2D eigenvalue weighted by atomic mass is 16.5. The number of rotatable bonds is 5. The van der Waals surface area contributed by atoms with Crippen molar-refractivity contribution in [2.75, 3.05) is 0 Å². The van der Waals surface area contributed by atoms with Crippen molar-refractivity contribution in [1.29, 1.82) is 0 Å². The van der Waals surface area contributed by atoms with E-state index in [2.05, 4.69) is 17.3 Å². The Hall–Kier alpha value is -2.49. The number of hydrogen-bond acceptors (Lipinski definition) is 3. The zero-order valence-corrected chi connectivity index (χ0v) is 11.4. The van der Waals surface area contributed by atoms with Gasteiger partial charge in [0.05, 0.1) is 6.10 Å². The van der Waals surface area contributed by atoms with Gasteiger partial charge in [0.1, 0.15) is 5.75 Å². The maximum Gasteiger partial charge on any atom is 0.170 e. The van der Waals surface area contributed by atoms with Gasteiger partial charge in [0, 0.05) is 12.0 Å². The standard InChI is InChI=1S/C16H18N2O2/c1-12(11-13-5-3-2-4-6-13)20-15-9-7-14(8-10-15)16(17)18-19/h2-10,12,19H,11H2,1H3,(H2,17,18). The van der Waals surface area contributed by atoms with Crippen molar-refractivity contribution < 1.29 is 9.94 Å². The fraction of sp³-hybridized carbons (Fsp3) is 0.188. The Bertz CT molecular complexity index is 565. The van der Waals surface area contributed by atoms with Crippen molar-refractivity contribution in [2.45, 2.75) is 19.4 Å². The van der Waals surface area contributed by atoms with Crippen LogP contribution >= 0.6 is 0 Å². The first-order valence-corrected chi connectivity index (χ1v) is 6.47. The first-order chi connectivity index (χ1) is 9.69. The minimum Gasteiger partial charge on any atom is -0.490 e. The molecule has 0 aliphatic heterocycles. The molecule has 0 saturated carbocycles. The Morgan fingerprint density at radius 3 is 2.40 bits per heavy atom. The van der Waals surface area contributed by atoms with Crippen LogP contribution in [0.2, 0.25) is 0 Å². The van der Waals surface area contributed by atoms with Crippen molar-refractivity contribution in [1.82, 2.24) is 0 Å². The fourth-order valence-electron chi connectivity index (χ4n) is 1.98. The van der Waals surface area contributed by atoms with Crippen molar-refractivity contribution in [2.24, 2.45) is 10.9 Å². The molecular formula is C16H18N2O2. The van der Waals surface area contributed by atoms with E-state index in [0.717, 1.165) is 12.2 Å². The van der Waals surface area contributed by atoms with E-state index in [0.29, 0.717) is 5.56 Å². The summed E-state index contributed by atoms with van der Waals surface area (Å²) in [6, 6.07) is 17.4. The van der Waals surface area contributed by atoms with Crippen molar-refractivity contribution in [3.8, 4) is 5.75 Å². The average molecular weight is 270 g/mol. The molecule has 0 spiro atoms. The summed E-state index contributed by atoms with van der Waals surface area (Å²) >= 11 is 0. The number of amidine groups is 1. The van der Waals surface area contributed by atoms with Crippen LogP contribution in [0.4, 0.5) is 0 Å². The Kier molecular flexibility index (Phi) is 4.60. The topological polar surface area (TPSA) is 67.8 Å². The molecule has 20 heavy (non-hydrogen) atoms. The molecule has 104 valence electrons. The van der Waals surface area contributed by atoms with E-state index < -0.39 is 0 Å². The summed E-state index contributed by atoms with van der Waals surface area (Å²) in [5.74, 6) is 0.858. The average Bonchev–Trinajstić information content (AvgIpc) is 2.48. The van der Waals surface area contributed by atoms with Crippen molar-refractivity contribution in [3.05, 3.63) is 65.7 Å². The quantitative estimate of drug-likeness (QED) is 0.380. The largest absolute Gasteiger partial charge is 0.490 e. The van der Waals surface area contributed by atoms with Crippen LogP contribution in [0.3, 0.4) is 0 Å². The summed E-state index contributed by atoms with van der Waals surface area (Å²) in [6.07, 6.45) is 0.926. The molecule has 2 aromatic rings. The van der Waals surface area contributed by atoms with Gasteiger partial charge >= 0.3 is 0 Å². The van der Waals surface area contributed by atoms with Crippen LogP contribution in [0.15, 0.2) is 59.8 Å². The second-order valence-corrected chi connectivity index (χ2v) is 4.63. The molecule has 0 aliphatic rings. The molecular weight excluding hydrogens is 252 g/mol. The maximum absolute atomic E-state index is 8.60. The minimum absolute atomic E-state index is 0.0760. The lowest BCUT2D eigenvalue weighted by Crippen LogP contribution is -2.16. The van der Waals surface area contributed by atoms with E-state index in [1.165, 1.54) is 5.56 Å². The fourth-order valence-corrected chi connectivity index (χ4v) is 1.98. The van der Waals surface area contributed by atoms with Gasteiger partial charge in [0.25, 0.3) is 0 Å². The molecule has 1 unspecified atom stereocenters. The van der Waals surface area contributed by atoms with Gasteiger partial charge in [-0.05, 0) is 36.8 Å². The number of hydrogen-bond donors (Lipinski definition) is 2. The van der Waals surface area contributed by atoms with E-state index in [9.17, 15) is 0 Å². The van der Waals surface area contributed by atoms with Crippen molar-refractivity contribution >= 4 is 5.84 Å². The van der Waals surface area contributed by atoms with E-state index in [4.69, 9.17) is 15.7 Å². The summed E-state index contributed by atoms with van der Waals surface area (Å²) < 4.78 is 5.84. The molecule has 0 aliphatic carbocycles. The van der Waals surface area contributed by atoms with E-state index in [1.807, 2.05) is 37.3 Å². The second-order valence-electron chi connectivity index (χ2n) is 4.63. The normalized spacial score (nSPS) is 12.9. The van der Waals surface area contributed by atoms with Crippen LogP contribution in [-0.2, 0) is 6.42 Å². The summed E-state index contributed by atoms with van der Waals surface area (Å²) in [5.41, 5.74) is 7.41.